The summed E-state index contributed by atoms with van der Waals surface area (Å²) in [6.45, 7) is 5.03. The van der Waals surface area contributed by atoms with Crippen LogP contribution in [0.5, 0.6) is 0 Å². The Labute approximate surface area is 168 Å². The molecule has 9 heteroatoms. The molecular weight excluding hydrogens is 376 g/mol. The normalized spacial score (nSPS) is 24.2. The highest BCUT2D eigenvalue weighted by atomic mass is 16.5. The molecule has 29 heavy (non-hydrogen) atoms. The summed E-state index contributed by atoms with van der Waals surface area (Å²) >= 11 is 0. The number of ether oxygens (including phenoxy) is 1. The summed E-state index contributed by atoms with van der Waals surface area (Å²) in [6, 6.07) is 7.26. The van der Waals surface area contributed by atoms with Crippen LogP contribution in [-0.2, 0) is 19.9 Å². The molecule has 1 aromatic carbocycles. The minimum atomic E-state index is -1.19. The number of carbonyl (C=O) groups is 4. The summed E-state index contributed by atoms with van der Waals surface area (Å²) in [5, 5.41) is 7.92. The van der Waals surface area contributed by atoms with Gasteiger partial charge in [-0.1, -0.05) is 37.3 Å². The first-order valence-corrected chi connectivity index (χ1v) is 9.51. The second-order valence-corrected chi connectivity index (χ2v) is 6.88. The molecule has 0 aromatic heterocycles. The van der Waals surface area contributed by atoms with Crippen molar-refractivity contribution in [3.05, 3.63) is 47.2 Å². The van der Waals surface area contributed by atoms with Gasteiger partial charge in [-0.2, -0.15) is 0 Å². The van der Waals surface area contributed by atoms with Gasteiger partial charge in [-0.05, 0) is 25.8 Å². The van der Waals surface area contributed by atoms with E-state index in [1.165, 1.54) is 0 Å². The molecule has 2 aliphatic rings. The molecule has 3 rings (SSSR count). The number of esters is 1. The summed E-state index contributed by atoms with van der Waals surface area (Å²) in [4.78, 5) is 51.3. The van der Waals surface area contributed by atoms with Crippen molar-refractivity contribution < 1.29 is 23.9 Å². The van der Waals surface area contributed by atoms with E-state index in [2.05, 4.69) is 16.0 Å². The number of nitrogens with zero attached hydrogens (tertiary/aromatic N) is 1. The lowest BCUT2D eigenvalue weighted by atomic mass is 9.87. The maximum Gasteiger partial charge on any atom is 0.337 e. The maximum atomic E-state index is 13.3. The molecule has 0 saturated carbocycles. The van der Waals surface area contributed by atoms with Crippen LogP contribution in [0, 0.1) is 0 Å². The molecule has 2 atom stereocenters. The molecular formula is C20H24N4O5. The number of imide groups is 1. The molecule has 154 valence electrons. The third-order valence-electron chi connectivity index (χ3n) is 5.15. The molecule has 0 spiro atoms. The van der Waals surface area contributed by atoms with E-state index < -0.39 is 35.5 Å². The minimum absolute atomic E-state index is 0.159. The van der Waals surface area contributed by atoms with Gasteiger partial charge in [0.2, 0.25) is 0 Å². The third-order valence-corrected chi connectivity index (χ3v) is 5.15. The third kappa shape index (κ3) is 3.55. The molecule has 0 unspecified atom stereocenters. The Hall–Kier alpha value is -3.36. The van der Waals surface area contributed by atoms with Crippen LogP contribution in [0.3, 0.4) is 0 Å². The number of benzene rings is 1. The van der Waals surface area contributed by atoms with Crippen molar-refractivity contribution in [2.24, 2.45) is 0 Å². The predicted octanol–water partition coefficient (Wildman–Crippen LogP) is 1.36. The van der Waals surface area contributed by atoms with Gasteiger partial charge in [0.05, 0.1) is 30.5 Å². The van der Waals surface area contributed by atoms with Gasteiger partial charge in [0.25, 0.3) is 5.91 Å². The number of urea groups is 2. The first-order chi connectivity index (χ1) is 13.8. The minimum Gasteiger partial charge on any atom is -0.463 e. The van der Waals surface area contributed by atoms with Crippen LogP contribution in [-0.4, -0.2) is 48.0 Å². The van der Waals surface area contributed by atoms with Gasteiger partial charge in [0.15, 0.2) is 0 Å². The number of carbonyl (C=O) groups excluding carboxylic acids is 4. The molecule has 2 heterocycles. The standard InChI is InChI=1S/C20H24N4O5/c1-4-20(13-9-7-6-8-10-13)17(26)24(19(28)23-20)11-14-15(16(25)29-5-2)12(3)21-18(27)22-14/h6-10,12H,4-5,11H2,1-3H3,(H,23,28)(H2,21,22,27)/t12-,20+/m1/s1. The number of rotatable bonds is 6. The summed E-state index contributed by atoms with van der Waals surface area (Å²) in [5.41, 5.74) is -0.166. The topological polar surface area (TPSA) is 117 Å². The molecule has 1 saturated heterocycles. The summed E-state index contributed by atoms with van der Waals surface area (Å²) in [5.74, 6) is -1.05. The van der Waals surface area contributed by atoms with Crippen LogP contribution in [0.2, 0.25) is 0 Å². The predicted molar refractivity (Wildman–Crippen MR) is 103 cm³/mol. The second-order valence-electron chi connectivity index (χ2n) is 6.88. The number of amides is 5. The van der Waals surface area contributed by atoms with Crippen molar-refractivity contribution in [1.29, 1.82) is 0 Å². The molecule has 3 N–H and O–H groups in total. The fraction of sp³-hybridized carbons (Fsp3) is 0.400. The highest BCUT2D eigenvalue weighted by Crippen LogP contribution is 2.33. The molecule has 0 aliphatic carbocycles. The van der Waals surface area contributed by atoms with E-state index in [0.29, 0.717) is 12.0 Å². The average molecular weight is 400 g/mol. The molecule has 2 aliphatic heterocycles. The van der Waals surface area contributed by atoms with Gasteiger partial charge in [-0.25, -0.2) is 14.4 Å². The Balaban J connectivity index is 1.97. The Bertz CT molecular complexity index is 882. The summed E-state index contributed by atoms with van der Waals surface area (Å²) in [7, 11) is 0. The lowest BCUT2D eigenvalue weighted by Crippen LogP contribution is -2.52. The van der Waals surface area contributed by atoms with Crippen molar-refractivity contribution in [3.8, 4) is 0 Å². The van der Waals surface area contributed by atoms with Gasteiger partial charge in [-0.3, -0.25) is 9.69 Å². The van der Waals surface area contributed by atoms with Gasteiger partial charge in [0.1, 0.15) is 5.54 Å². The van der Waals surface area contributed by atoms with Crippen molar-refractivity contribution >= 4 is 23.9 Å². The number of hydrogen-bond donors (Lipinski definition) is 3. The smallest absolute Gasteiger partial charge is 0.337 e. The van der Waals surface area contributed by atoms with Crippen LogP contribution >= 0.6 is 0 Å². The molecule has 9 nitrogen and oxygen atoms in total. The van der Waals surface area contributed by atoms with E-state index >= 15 is 0 Å². The second kappa shape index (κ2) is 7.94. The van der Waals surface area contributed by atoms with Gasteiger partial charge < -0.3 is 20.7 Å². The zero-order chi connectivity index (χ0) is 21.2. The van der Waals surface area contributed by atoms with Crippen molar-refractivity contribution in [3.63, 3.8) is 0 Å². The zero-order valence-electron chi connectivity index (χ0n) is 16.6. The fourth-order valence-corrected chi connectivity index (χ4v) is 3.69. The van der Waals surface area contributed by atoms with E-state index in [9.17, 15) is 19.2 Å². The molecule has 0 bridgehead atoms. The largest absolute Gasteiger partial charge is 0.463 e. The molecule has 5 amide bonds. The van der Waals surface area contributed by atoms with Gasteiger partial charge >= 0.3 is 18.0 Å². The Morgan fingerprint density at radius 1 is 1.17 bits per heavy atom. The molecule has 0 radical (unpaired) electrons. The Morgan fingerprint density at radius 3 is 2.48 bits per heavy atom. The van der Waals surface area contributed by atoms with E-state index in [1.54, 1.807) is 38.1 Å². The maximum absolute atomic E-state index is 13.3. The van der Waals surface area contributed by atoms with E-state index in [1.807, 2.05) is 13.0 Å². The summed E-state index contributed by atoms with van der Waals surface area (Å²) < 4.78 is 5.07. The Kier molecular flexibility index (Phi) is 5.58. The van der Waals surface area contributed by atoms with Crippen molar-refractivity contribution in [2.75, 3.05) is 13.2 Å². The van der Waals surface area contributed by atoms with Crippen molar-refractivity contribution in [2.45, 2.75) is 38.8 Å². The SMILES string of the molecule is CCOC(=O)C1=C(CN2C(=O)N[C@@](CC)(c3ccccc3)C2=O)NC(=O)N[C@@H]1C. The molecule has 1 fully saturated rings. The van der Waals surface area contributed by atoms with Gasteiger partial charge in [-0.15, -0.1) is 0 Å². The van der Waals surface area contributed by atoms with E-state index in [-0.39, 0.29) is 24.4 Å². The molecule has 1 aromatic rings. The van der Waals surface area contributed by atoms with Crippen LogP contribution < -0.4 is 16.0 Å². The van der Waals surface area contributed by atoms with Crippen molar-refractivity contribution in [1.82, 2.24) is 20.9 Å². The van der Waals surface area contributed by atoms with E-state index in [4.69, 9.17) is 4.74 Å². The lowest BCUT2D eigenvalue weighted by Gasteiger charge is -2.29. The van der Waals surface area contributed by atoms with Crippen LogP contribution in [0.25, 0.3) is 0 Å². The van der Waals surface area contributed by atoms with Crippen LogP contribution in [0.1, 0.15) is 32.8 Å². The number of nitrogens with one attached hydrogen (secondary N) is 3. The van der Waals surface area contributed by atoms with Gasteiger partial charge in [0, 0.05) is 0 Å². The lowest BCUT2D eigenvalue weighted by molar-refractivity contribution is -0.139. The number of hydrogen-bond acceptors (Lipinski definition) is 5. The average Bonchev–Trinajstić information content (AvgIpc) is 2.93. The van der Waals surface area contributed by atoms with E-state index in [0.717, 1.165) is 4.90 Å². The summed E-state index contributed by atoms with van der Waals surface area (Å²) in [6.07, 6.45) is 0.353. The van der Waals surface area contributed by atoms with Crippen LogP contribution in [0.15, 0.2) is 41.6 Å². The highest BCUT2D eigenvalue weighted by molar-refractivity contribution is 6.08. The van der Waals surface area contributed by atoms with Crippen LogP contribution in [0.4, 0.5) is 9.59 Å². The quantitative estimate of drug-likeness (QED) is 0.492. The highest BCUT2D eigenvalue weighted by Gasteiger charge is 2.51. The Morgan fingerprint density at radius 2 is 1.86 bits per heavy atom. The fourth-order valence-electron chi connectivity index (χ4n) is 3.69. The first-order valence-electron chi connectivity index (χ1n) is 9.51. The first kappa shape index (κ1) is 20.4. The monoisotopic (exact) mass is 400 g/mol. The zero-order valence-corrected chi connectivity index (χ0v) is 16.6.